The number of primary amides is 1. The van der Waals surface area contributed by atoms with Gasteiger partial charge in [0.05, 0.1) is 12.0 Å². The first kappa shape index (κ1) is 17.7. The molecular formula is C18H22N2O4S. The minimum Gasteiger partial charge on any atom is -0.453 e. The van der Waals surface area contributed by atoms with Gasteiger partial charge in [-0.25, -0.2) is 0 Å². The number of ether oxygens (including phenoxy) is 1. The summed E-state index contributed by atoms with van der Waals surface area (Å²) in [5.74, 6) is -1.17. The lowest BCUT2D eigenvalue weighted by Crippen LogP contribution is -2.31. The van der Waals surface area contributed by atoms with Crippen molar-refractivity contribution in [1.29, 1.82) is 0 Å². The van der Waals surface area contributed by atoms with Crippen LogP contribution in [0.1, 0.15) is 53.4 Å². The van der Waals surface area contributed by atoms with Crippen LogP contribution >= 0.6 is 11.3 Å². The maximum Gasteiger partial charge on any atom is 0.307 e. The number of carbonyl (C=O) groups is 3. The molecule has 1 heterocycles. The van der Waals surface area contributed by atoms with Gasteiger partial charge in [0, 0.05) is 4.88 Å². The van der Waals surface area contributed by atoms with E-state index in [1.54, 1.807) is 0 Å². The quantitative estimate of drug-likeness (QED) is 0.600. The Bertz CT molecular complexity index is 738. The average Bonchev–Trinajstić information content (AvgIpc) is 3.23. The van der Waals surface area contributed by atoms with Gasteiger partial charge >= 0.3 is 5.97 Å². The first-order valence-corrected chi connectivity index (χ1v) is 9.38. The van der Waals surface area contributed by atoms with Crippen LogP contribution in [0.2, 0.25) is 0 Å². The number of anilines is 1. The van der Waals surface area contributed by atoms with Crippen molar-refractivity contribution in [1.82, 2.24) is 0 Å². The second kappa shape index (κ2) is 7.39. The number of allylic oxidation sites excluding steroid dienone is 2. The minimum absolute atomic E-state index is 0.199. The second-order valence-corrected chi connectivity index (χ2v) is 7.62. The van der Waals surface area contributed by atoms with Crippen LogP contribution in [0, 0.1) is 5.92 Å². The molecule has 0 aliphatic heterocycles. The van der Waals surface area contributed by atoms with Crippen LogP contribution in [-0.2, 0) is 27.2 Å². The standard InChI is InChI=1S/C18H22N2O4S/c1-10(24-14(21)9-11-5-2-3-6-11)17(23)20-18-15(16(19)22)12-7-4-8-13(12)25-18/h2,5,10-11H,3-4,6-9H2,1H3,(H2,19,22)(H,20,23)/t10-,11-/m1/s1. The molecule has 0 radical (unpaired) electrons. The highest BCUT2D eigenvalue weighted by atomic mass is 32.1. The van der Waals surface area contributed by atoms with Gasteiger partial charge < -0.3 is 15.8 Å². The van der Waals surface area contributed by atoms with E-state index in [1.807, 2.05) is 6.08 Å². The molecular weight excluding hydrogens is 340 g/mol. The van der Waals surface area contributed by atoms with Crippen molar-refractivity contribution in [2.45, 2.75) is 51.6 Å². The smallest absolute Gasteiger partial charge is 0.307 e. The van der Waals surface area contributed by atoms with Gasteiger partial charge in [-0.15, -0.1) is 11.3 Å². The fraction of sp³-hybridized carbons (Fsp3) is 0.500. The fourth-order valence-electron chi connectivity index (χ4n) is 3.34. The van der Waals surface area contributed by atoms with E-state index in [9.17, 15) is 14.4 Å². The molecule has 7 heteroatoms. The predicted octanol–water partition coefficient (Wildman–Crippen LogP) is 2.56. The summed E-state index contributed by atoms with van der Waals surface area (Å²) in [6, 6.07) is 0. The topological polar surface area (TPSA) is 98.5 Å². The van der Waals surface area contributed by atoms with Crippen LogP contribution in [0.15, 0.2) is 12.2 Å². The summed E-state index contributed by atoms with van der Waals surface area (Å²) in [6.45, 7) is 1.53. The van der Waals surface area contributed by atoms with Crippen molar-refractivity contribution in [3.8, 4) is 0 Å². The van der Waals surface area contributed by atoms with E-state index in [4.69, 9.17) is 10.5 Å². The van der Waals surface area contributed by atoms with Crippen molar-refractivity contribution in [2.24, 2.45) is 11.7 Å². The van der Waals surface area contributed by atoms with E-state index >= 15 is 0 Å². The van der Waals surface area contributed by atoms with Crippen LogP contribution in [-0.4, -0.2) is 23.9 Å². The van der Waals surface area contributed by atoms with Crippen molar-refractivity contribution in [3.05, 3.63) is 28.2 Å². The first-order valence-electron chi connectivity index (χ1n) is 8.57. The third kappa shape index (κ3) is 3.92. The highest BCUT2D eigenvalue weighted by molar-refractivity contribution is 7.17. The molecule has 2 amide bonds. The van der Waals surface area contributed by atoms with Crippen molar-refractivity contribution in [2.75, 3.05) is 5.32 Å². The number of rotatable bonds is 6. The number of esters is 1. The Labute approximate surface area is 150 Å². The summed E-state index contributed by atoms with van der Waals surface area (Å²) in [5.41, 5.74) is 6.83. The zero-order valence-electron chi connectivity index (χ0n) is 14.2. The SMILES string of the molecule is C[C@@H](OC(=O)C[C@@H]1C=CCC1)C(=O)Nc1sc2c(c1C(N)=O)CCC2. The number of hydrogen-bond acceptors (Lipinski definition) is 5. The summed E-state index contributed by atoms with van der Waals surface area (Å²) < 4.78 is 5.23. The molecule has 2 atom stereocenters. The number of nitrogens with two attached hydrogens (primary N) is 1. The number of thiophene rings is 1. The van der Waals surface area contributed by atoms with E-state index in [2.05, 4.69) is 11.4 Å². The molecule has 3 rings (SSSR count). The Morgan fingerprint density at radius 2 is 2.20 bits per heavy atom. The molecule has 0 fully saturated rings. The molecule has 2 aliphatic rings. The predicted molar refractivity (Wildman–Crippen MR) is 95.5 cm³/mol. The molecule has 0 aromatic carbocycles. The van der Waals surface area contributed by atoms with Crippen LogP contribution in [0.25, 0.3) is 0 Å². The molecule has 0 bridgehead atoms. The molecule has 134 valence electrons. The van der Waals surface area contributed by atoms with E-state index in [-0.39, 0.29) is 18.3 Å². The van der Waals surface area contributed by atoms with E-state index in [0.717, 1.165) is 42.5 Å². The van der Waals surface area contributed by atoms with Crippen LogP contribution < -0.4 is 11.1 Å². The fourth-order valence-corrected chi connectivity index (χ4v) is 4.64. The van der Waals surface area contributed by atoms with Gasteiger partial charge in [-0.2, -0.15) is 0 Å². The van der Waals surface area contributed by atoms with Crippen LogP contribution in [0.4, 0.5) is 5.00 Å². The molecule has 1 aromatic rings. The van der Waals surface area contributed by atoms with Gasteiger partial charge in [0.2, 0.25) is 0 Å². The van der Waals surface area contributed by atoms with E-state index in [0.29, 0.717) is 10.6 Å². The maximum absolute atomic E-state index is 12.3. The number of amides is 2. The molecule has 3 N–H and O–H groups in total. The minimum atomic E-state index is -0.921. The van der Waals surface area contributed by atoms with Crippen LogP contribution in [0.5, 0.6) is 0 Å². The Balaban J connectivity index is 1.61. The van der Waals surface area contributed by atoms with Gasteiger partial charge in [-0.3, -0.25) is 14.4 Å². The Kier molecular flexibility index (Phi) is 5.22. The van der Waals surface area contributed by atoms with Gasteiger partial charge in [0.1, 0.15) is 5.00 Å². The lowest BCUT2D eigenvalue weighted by molar-refractivity contribution is -0.153. The lowest BCUT2D eigenvalue weighted by atomic mass is 10.1. The monoisotopic (exact) mass is 362 g/mol. The zero-order chi connectivity index (χ0) is 18.0. The molecule has 0 saturated carbocycles. The highest BCUT2D eigenvalue weighted by Gasteiger charge is 2.28. The summed E-state index contributed by atoms with van der Waals surface area (Å²) >= 11 is 1.39. The first-order chi connectivity index (χ1) is 12.0. The maximum atomic E-state index is 12.3. The Hall–Kier alpha value is -2.15. The average molecular weight is 362 g/mol. The lowest BCUT2D eigenvalue weighted by Gasteiger charge is -2.15. The number of nitrogens with one attached hydrogen (secondary N) is 1. The molecule has 1 aromatic heterocycles. The molecule has 0 unspecified atom stereocenters. The largest absolute Gasteiger partial charge is 0.453 e. The molecule has 0 spiro atoms. The summed E-state index contributed by atoms with van der Waals surface area (Å²) in [5, 5.41) is 3.17. The molecule has 2 aliphatic carbocycles. The van der Waals surface area contributed by atoms with Gasteiger partial charge in [0.25, 0.3) is 11.8 Å². The Morgan fingerprint density at radius 1 is 1.40 bits per heavy atom. The van der Waals surface area contributed by atoms with E-state index in [1.165, 1.54) is 18.3 Å². The van der Waals surface area contributed by atoms with E-state index < -0.39 is 17.9 Å². The zero-order valence-corrected chi connectivity index (χ0v) is 15.0. The highest BCUT2D eigenvalue weighted by Crippen LogP contribution is 2.38. The number of hydrogen-bond donors (Lipinski definition) is 2. The third-order valence-corrected chi connectivity index (χ3v) is 5.83. The number of fused-ring (bicyclic) bond motifs is 1. The molecule has 0 saturated heterocycles. The number of carbonyl (C=O) groups excluding carboxylic acids is 3. The summed E-state index contributed by atoms with van der Waals surface area (Å²) in [6.07, 6.45) is 8.05. The second-order valence-electron chi connectivity index (χ2n) is 6.52. The summed E-state index contributed by atoms with van der Waals surface area (Å²) in [4.78, 5) is 37.1. The normalized spacial score (nSPS) is 19.5. The van der Waals surface area contributed by atoms with Crippen molar-refractivity contribution < 1.29 is 19.1 Å². The van der Waals surface area contributed by atoms with Crippen molar-refractivity contribution in [3.63, 3.8) is 0 Å². The van der Waals surface area contributed by atoms with Gasteiger partial charge in [-0.05, 0) is 50.5 Å². The van der Waals surface area contributed by atoms with Gasteiger partial charge in [-0.1, -0.05) is 12.2 Å². The number of aryl methyl sites for hydroxylation is 1. The van der Waals surface area contributed by atoms with Crippen molar-refractivity contribution >= 4 is 34.1 Å². The van der Waals surface area contributed by atoms with Gasteiger partial charge in [0.15, 0.2) is 6.10 Å². The summed E-state index contributed by atoms with van der Waals surface area (Å²) in [7, 11) is 0. The molecule has 6 nitrogen and oxygen atoms in total. The van der Waals surface area contributed by atoms with Crippen LogP contribution in [0.3, 0.4) is 0 Å². The molecule has 25 heavy (non-hydrogen) atoms. The Morgan fingerprint density at radius 3 is 2.88 bits per heavy atom. The third-order valence-electron chi connectivity index (χ3n) is 4.62.